The van der Waals surface area contributed by atoms with Crippen LogP contribution in [0.25, 0.3) is 21.5 Å². The Morgan fingerprint density at radius 3 is 1.88 bits per heavy atom. The van der Waals surface area contributed by atoms with E-state index in [1.165, 1.54) is 0 Å². The van der Waals surface area contributed by atoms with Crippen LogP contribution < -0.4 is 14.5 Å². The van der Waals surface area contributed by atoms with Crippen LogP contribution in [0.1, 0.15) is 45.7 Å². The maximum Gasteiger partial charge on any atom is 0.304 e. The molecular weight excluding hydrogens is 752 g/mol. The molecule has 6 nitrogen and oxygen atoms in total. The van der Waals surface area contributed by atoms with Gasteiger partial charge in [-0.3, -0.25) is 9.59 Å². The van der Waals surface area contributed by atoms with Gasteiger partial charge >= 0.3 is 7.65 Å². The SMILES string of the molecule is CCc1ccccc1N1C(=O)c2cc3ccccc3cc2OP1Cl.CCc1ccccc1NC(=O)c1cc2ccccc2cc1O.ClP(Cl)Cl. The van der Waals surface area contributed by atoms with Crippen LogP contribution in [0.5, 0.6) is 11.5 Å². The van der Waals surface area contributed by atoms with Crippen molar-refractivity contribution in [2.24, 2.45) is 0 Å². The molecule has 0 aliphatic carbocycles. The quantitative estimate of drug-likeness (QED) is 0.171. The largest absolute Gasteiger partial charge is 0.507 e. The summed E-state index contributed by atoms with van der Waals surface area (Å²) in [6.07, 6.45) is 1.66. The van der Waals surface area contributed by atoms with E-state index < -0.39 is 13.6 Å². The summed E-state index contributed by atoms with van der Waals surface area (Å²) in [5.41, 5.74) is 4.58. The number of phenols is 1. The van der Waals surface area contributed by atoms with Crippen LogP contribution in [0, 0.1) is 0 Å². The summed E-state index contributed by atoms with van der Waals surface area (Å²) in [5, 5.41) is 16.9. The van der Waals surface area contributed by atoms with Gasteiger partial charge in [0.25, 0.3) is 11.8 Å². The summed E-state index contributed by atoms with van der Waals surface area (Å²) in [4.78, 5) is 25.6. The van der Waals surface area contributed by atoms with E-state index in [2.05, 4.69) is 12.2 Å². The fourth-order valence-corrected chi connectivity index (χ4v) is 7.21. The second-order valence-corrected chi connectivity index (χ2v) is 17.9. The second-order valence-electron chi connectivity index (χ2n) is 11.0. The summed E-state index contributed by atoms with van der Waals surface area (Å²) in [6.45, 7) is 4.10. The Labute approximate surface area is 312 Å². The van der Waals surface area contributed by atoms with Crippen LogP contribution >= 0.6 is 58.6 Å². The highest BCUT2D eigenvalue weighted by atomic mass is 36.0. The topological polar surface area (TPSA) is 78.9 Å². The Balaban J connectivity index is 0.000000176. The van der Waals surface area contributed by atoms with Gasteiger partial charge in [-0.15, -0.1) is 0 Å². The lowest BCUT2D eigenvalue weighted by Gasteiger charge is -2.32. The molecule has 12 heteroatoms. The molecule has 1 unspecified atom stereocenters. The summed E-state index contributed by atoms with van der Waals surface area (Å²) < 4.78 is 7.50. The van der Waals surface area contributed by atoms with Gasteiger partial charge in [0.15, 0.2) is 5.98 Å². The number of anilines is 2. The maximum absolute atomic E-state index is 13.1. The van der Waals surface area contributed by atoms with E-state index in [-0.39, 0.29) is 23.1 Å². The van der Waals surface area contributed by atoms with Crippen LogP contribution in [0.4, 0.5) is 11.4 Å². The number of aryl methyl sites for hydroxylation is 2. The predicted octanol–water partition coefficient (Wildman–Crippen LogP) is 13.2. The highest BCUT2D eigenvalue weighted by molar-refractivity contribution is 8.20. The molecule has 1 atom stereocenters. The van der Waals surface area contributed by atoms with Gasteiger partial charge in [-0.1, -0.05) is 132 Å². The van der Waals surface area contributed by atoms with Gasteiger partial charge in [-0.2, -0.15) is 0 Å². The zero-order chi connectivity index (χ0) is 35.8. The first-order valence-electron chi connectivity index (χ1n) is 15.6. The Morgan fingerprint density at radius 2 is 1.26 bits per heavy atom. The number of nitrogens with zero attached hydrogens (tertiary/aromatic N) is 1. The third-order valence-electron chi connectivity index (χ3n) is 7.96. The minimum Gasteiger partial charge on any atom is -0.507 e. The van der Waals surface area contributed by atoms with Crippen molar-refractivity contribution >= 4 is 103 Å². The van der Waals surface area contributed by atoms with Crippen molar-refractivity contribution < 1.29 is 19.2 Å². The lowest BCUT2D eigenvalue weighted by molar-refractivity contribution is 0.0996. The molecular formula is C38H32Cl4N2O4P2. The molecule has 0 spiro atoms. The van der Waals surface area contributed by atoms with Crippen LogP contribution in [0.15, 0.2) is 121 Å². The smallest absolute Gasteiger partial charge is 0.304 e. The minimum absolute atomic E-state index is 0.00909. The zero-order valence-corrected chi connectivity index (χ0v) is 31.8. The molecule has 0 saturated carbocycles. The lowest BCUT2D eigenvalue weighted by Crippen LogP contribution is -2.30. The average molecular weight is 784 g/mol. The molecule has 0 aromatic heterocycles. The molecule has 1 aliphatic rings. The molecule has 0 bridgehead atoms. The van der Waals surface area contributed by atoms with Gasteiger partial charge in [0, 0.05) is 5.69 Å². The van der Waals surface area contributed by atoms with Crippen molar-refractivity contribution in [2.75, 3.05) is 9.99 Å². The Bertz CT molecular complexity index is 2150. The van der Waals surface area contributed by atoms with Crippen molar-refractivity contribution in [3.8, 4) is 11.5 Å². The average Bonchev–Trinajstić information content (AvgIpc) is 3.11. The van der Waals surface area contributed by atoms with Crippen LogP contribution in [0.2, 0.25) is 0 Å². The molecule has 6 aromatic carbocycles. The van der Waals surface area contributed by atoms with E-state index in [0.29, 0.717) is 11.3 Å². The molecule has 256 valence electrons. The van der Waals surface area contributed by atoms with Gasteiger partial charge in [0.1, 0.15) is 11.5 Å². The van der Waals surface area contributed by atoms with E-state index in [1.54, 1.807) is 16.8 Å². The van der Waals surface area contributed by atoms with Crippen molar-refractivity contribution in [1.82, 2.24) is 0 Å². The number of phenolic OH excluding ortho intramolecular Hbond substituents is 1. The molecule has 0 radical (unpaired) electrons. The predicted molar refractivity (Wildman–Crippen MR) is 214 cm³/mol. The molecule has 1 aliphatic heterocycles. The number of amides is 2. The van der Waals surface area contributed by atoms with Crippen LogP contribution in [0.3, 0.4) is 0 Å². The number of carbonyl (C=O) groups excluding carboxylic acids is 2. The Kier molecular flexibility index (Phi) is 13.2. The number of benzene rings is 6. The van der Waals surface area contributed by atoms with E-state index in [1.807, 2.05) is 116 Å². The number of fused-ring (bicyclic) bond motifs is 3. The van der Waals surface area contributed by atoms with Crippen molar-refractivity contribution in [2.45, 2.75) is 26.7 Å². The summed E-state index contributed by atoms with van der Waals surface area (Å²) >= 11 is 21.1. The third kappa shape index (κ3) is 9.00. The molecule has 7 rings (SSSR count). The van der Waals surface area contributed by atoms with E-state index >= 15 is 0 Å². The van der Waals surface area contributed by atoms with Gasteiger partial charge in [0.2, 0.25) is 0 Å². The molecule has 1 heterocycles. The number of nitrogens with one attached hydrogen (secondary N) is 1. The minimum atomic E-state index is -1.58. The van der Waals surface area contributed by atoms with Gasteiger partial charge in [0.05, 0.1) is 16.8 Å². The Morgan fingerprint density at radius 1 is 0.760 bits per heavy atom. The zero-order valence-electron chi connectivity index (χ0n) is 27.0. The normalized spacial score (nSPS) is 13.5. The fraction of sp³-hybridized carbons (Fsp3) is 0.105. The highest BCUT2D eigenvalue weighted by Crippen LogP contribution is 2.55. The van der Waals surface area contributed by atoms with Gasteiger partial charge in [-0.25, -0.2) is 4.67 Å². The molecule has 2 N–H and O–H groups in total. The number of aromatic hydroxyl groups is 1. The van der Waals surface area contributed by atoms with E-state index in [4.69, 9.17) is 49.5 Å². The first kappa shape index (κ1) is 37.7. The van der Waals surface area contributed by atoms with Crippen molar-refractivity contribution in [3.05, 3.63) is 144 Å². The summed E-state index contributed by atoms with van der Waals surface area (Å²) in [5.74, 6) is -1.06. The monoisotopic (exact) mass is 782 g/mol. The number of carbonyl (C=O) groups is 2. The molecule has 6 aromatic rings. The molecule has 2 amide bonds. The maximum atomic E-state index is 13.1. The number of hydrogen-bond donors (Lipinski definition) is 2. The van der Waals surface area contributed by atoms with E-state index in [0.717, 1.165) is 56.9 Å². The molecule has 50 heavy (non-hydrogen) atoms. The van der Waals surface area contributed by atoms with E-state index in [9.17, 15) is 14.7 Å². The molecule has 0 fully saturated rings. The number of hydrogen-bond acceptors (Lipinski definition) is 4. The first-order valence-corrected chi connectivity index (χ1v) is 21.8. The fourth-order valence-electron chi connectivity index (χ4n) is 5.53. The number of para-hydroxylation sites is 2. The Hall–Kier alpha value is -3.60. The van der Waals surface area contributed by atoms with Crippen molar-refractivity contribution in [3.63, 3.8) is 0 Å². The van der Waals surface area contributed by atoms with Crippen molar-refractivity contribution in [1.29, 1.82) is 0 Å². The lowest BCUT2D eigenvalue weighted by atomic mass is 10.0. The van der Waals surface area contributed by atoms with Gasteiger partial charge in [-0.05, 0) is 93.2 Å². The number of halogens is 4. The molecule has 0 saturated heterocycles. The number of rotatable bonds is 5. The summed E-state index contributed by atoms with van der Waals surface area (Å²) in [6, 6.07) is 38.2. The standard InChI is InChI=1S/C19H15ClNO2P.C19H17NO2.Cl3P/c1-2-13-7-5-6-10-17(13)21-19(22)16-11-14-8-3-4-9-15(14)12-18(16)23-24(21)20;1-2-13-7-5-6-10-17(13)20-19(22)16-11-14-8-3-4-9-15(14)12-18(16)21;1-4(2)3/h3-12H,2H2,1H3;3-12,21H,2H2,1H3,(H,20,22);. The first-order chi connectivity index (χ1) is 24.1. The van der Waals surface area contributed by atoms with Crippen LogP contribution in [-0.4, -0.2) is 16.9 Å². The van der Waals surface area contributed by atoms with Gasteiger partial charge < -0.3 is 14.9 Å². The second kappa shape index (κ2) is 17.6. The van der Waals surface area contributed by atoms with Crippen LogP contribution in [-0.2, 0) is 12.8 Å². The third-order valence-corrected chi connectivity index (χ3v) is 9.68. The summed E-state index contributed by atoms with van der Waals surface area (Å²) in [7, 11) is -1.58. The highest BCUT2D eigenvalue weighted by Gasteiger charge is 2.36.